The molecule has 0 aliphatic carbocycles. The minimum atomic E-state index is -1.04. The zero-order chi connectivity index (χ0) is 22.1. The summed E-state index contributed by atoms with van der Waals surface area (Å²) >= 11 is 1.38. The molecule has 1 aromatic carbocycles. The number of nitrogens with zero attached hydrogens (tertiary/aromatic N) is 1. The number of β-lactam (4-membered cyclic amide) rings is 1. The van der Waals surface area contributed by atoms with Crippen LogP contribution in [0, 0.1) is 0 Å². The normalized spacial score (nSPS) is 25.3. The Kier molecular flexibility index (Phi) is 6.62. The van der Waals surface area contributed by atoms with Gasteiger partial charge in [-0.2, -0.15) is 0 Å². The van der Waals surface area contributed by atoms with E-state index in [-0.39, 0.29) is 5.91 Å². The van der Waals surface area contributed by atoms with Crippen molar-refractivity contribution in [2.45, 2.75) is 68.3 Å². The van der Waals surface area contributed by atoms with Gasteiger partial charge in [-0.3, -0.25) is 9.59 Å². The van der Waals surface area contributed by atoms with Crippen molar-refractivity contribution in [2.24, 2.45) is 5.73 Å². The SMILES string of the molecule is CCCCCOc1ccc(C(N)C(=O)NC2C(=O)N3[C@@H]2SC(C)(C)[C@@H]3C(=O)O)cc1. The first kappa shape index (κ1) is 22.4. The van der Waals surface area contributed by atoms with Crippen LogP contribution in [0.1, 0.15) is 51.6 Å². The summed E-state index contributed by atoms with van der Waals surface area (Å²) in [7, 11) is 0. The number of nitrogens with two attached hydrogens (primary N) is 1. The average Bonchev–Trinajstić information content (AvgIpc) is 2.97. The Labute approximate surface area is 180 Å². The Morgan fingerprint density at radius 3 is 2.57 bits per heavy atom. The van der Waals surface area contributed by atoms with Gasteiger partial charge in [-0.1, -0.05) is 31.9 Å². The molecular formula is C21H29N3O5S. The number of amides is 2. The molecule has 0 saturated carbocycles. The lowest BCUT2D eigenvalue weighted by molar-refractivity contribution is -0.161. The van der Waals surface area contributed by atoms with Crippen LogP contribution in [0.5, 0.6) is 5.75 Å². The second-order valence-corrected chi connectivity index (χ2v) is 9.96. The lowest BCUT2D eigenvalue weighted by Crippen LogP contribution is -2.71. The average molecular weight is 436 g/mol. The molecule has 2 unspecified atom stereocenters. The van der Waals surface area contributed by atoms with Gasteiger partial charge in [0.2, 0.25) is 11.8 Å². The van der Waals surface area contributed by atoms with Crippen LogP contribution in [0.4, 0.5) is 0 Å². The van der Waals surface area contributed by atoms with Crippen molar-refractivity contribution in [2.75, 3.05) is 6.61 Å². The van der Waals surface area contributed by atoms with Gasteiger partial charge in [-0.05, 0) is 38.0 Å². The highest BCUT2D eigenvalue weighted by molar-refractivity contribution is 8.01. The molecule has 1 aromatic rings. The number of benzene rings is 1. The maximum Gasteiger partial charge on any atom is 0.327 e. The monoisotopic (exact) mass is 435 g/mol. The number of hydrogen-bond donors (Lipinski definition) is 3. The van der Waals surface area contributed by atoms with E-state index in [2.05, 4.69) is 12.2 Å². The van der Waals surface area contributed by atoms with Crippen molar-refractivity contribution >= 4 is 29.5 Å². The standard InChI is InChI=1S/C21H29N3O5S/c1-4-5-6-11-29-13-9-7-12(8-10-13)14(22)17(25)23-15-18(26)24-16(20(27)28)21(2,3)30-19(15)24/h7-10,14-16,19H,4-6,11,22H2,1-3H3,(H,23,25)(H,27,28)/t14?,15?,16-,19+/m0/s1. The first-order valence-corrected chi connectivity index (χ1v) is 11.1. The fourth-order valence-corrected chi connectivity index (χ4v) is 5.48. The number of rotatable bonds is 9. The lowest BCUT2D eigenvalue weighted by Gasteiger charge is -2.43. The van der Waals surface area contributed by atoms with Crippen molar-refractivity contribution in [1.29, 1.82) is 0 Å². The number of nitrogens with one attached hydrogen (secondary N) is 1. The summed E-state index contributed by atoms with van der Waals surface area (Å²) in [5.41, 5.74) is 6.70. The lowest BCUT2D eigenvalue weighted by atomic mass is 9.95. The molecule has 4 N–H and O–H groups in total. The molecule has 9 heteroatoms. The van der Waals surface area contributed by atoms with Gasteiger partial charge in [0.1, 0.15) is 29.2 Å². The third kappa shape index (κ3) is 4.27. The van der Waals surface area contributed by atoms with Gasteiger partial charge < -0.3 is 25.8 Å². The largest absolute Gasteiger partial charge is 0.494 e. The van der Waals surface area contributed by atoms with Gasteiger partial charge in [-0.25, -0.2) is 4.79 Å². The maximum absolute atomic E-state index is 12.6. The molecule has 4 atom stereocenters. The minimum absolute atomic E-state index is 0.387. The van der Waals surface area contributed by atoms with Gasteiger partial charge >= 0.3 is 5.97 Å². The first-order valence-electron chi connectivity index (χ1n) is 10.2. The molecule has 2 saturated heterocycles. The van der Waals surface area contributed by atoms with Crippen molar-refractivity contribution in [3.05, 3.63) is 29.8 Å². The molecule has 2 heterocycles. The Bertz CT molecular complexity index is 813. The highest BCUT2D eigenvalue weighted by Crippen LogP contribution is 2.50. The summed E-state index contributed by atoms with van der Waals surface area (Å²) < 4.78 is 5.02. The number of hydrogen-bond acceptors (Lipinski definition) is 6. The van der Waals surface area contributed by atoms with Gasteiger partial charge in [0, 0.05) is 4.75 Å². The van der Waals surface area contributed by atoms with Crippen LogP contribution in [0.15, 0.2) is 24.3 Å². The van der Waals surface area contributed by atoms with Gasteiger partial charge in [0.25, 0.3) is 0 Å². The molecule has 2 fully saturated rings. The van der Waals surface area contributed by atoms with Crippen molar-refractivity contribution in [3.8, 4) is 5.75 Å². The molecule has 2 aliphatic rings. The number of ether oxygens (including phenoxy) is 1. The zero-order valence-corrected chi connectivity index (χ0v) is 18.3. The fourth-order valence-electron chi connectivity index (χ4n) is 3.85. The highest BCUT2D eigenvalue weighted by Gasteiger charge is 2.64. The summed E-state index contributed by atoms with van der Waals surface area (Å²) in [4.78, 5) is 38.0. The van der Waals surface area contributed by atoms with Crippen LogP contribution in [-0.4, -0.2) is 56.6 Å². The molecular weight excluding hydrogens is 406 g/mol. The number of unbranched alkanes of at least 4 members (excludes halogenated alkanes) is 2. The number of thioether (sulfide) groups is 1. The summed E-state index contributed by atoms with van der Waals surface area (Å²) in [6, 6.07) is 4.42. The smallest absolute Gasteiger partial charge is 0.327 e. The minimum Gasteiger partial charge on any atom is -0.494 e. The third-order valence-corrected chi connectivity index (χ3v) is 7.08. The summed E-state index contributed by atoms with van der Waals surface area (Å²) in [5, 5.41) is 11.8. The van der Waals surface area contributed by atoms with Crippen LogP contribution < -0.4 is 15.8 Å². The molecule has 0 radical (unpaired) electrons. The van der Waals surface area contributed by atoms with Crippen LogP contribution in [-0.2, 0) is 14.4 Å². The molecule has 0 aromatic heterocycles. The Morgan fingerprint density at radius 2 is 1.97 bits per heavy atom. The summed E-state index contributed by atoms with van der Waals surface area (Å²) in [5.74, 6) is -1.18. The molecule has 2 aliphatic heterocycles. The van der Waals surface area contributed by atoms with Gasteiger partial charge in [0.15, 0.2) is 0 Å². The van der Waals surface area contributed by atoms with Crippen molar-refractivity contribution in [3.63, 3.8) is 0 Å². The second kappa shape index (κ2) is 8.85. The van der Waals surface area contributed by atoms with E-state index < -0.39 is 40.1 Å². The van der Waals surface area contributed by atoms with E-state index in [1.54, 1.807) is 38.1 Å². The van der Waals surface area contributed by atoms with E-state index in [1.807, 2.05) is 0 Å². The quantitative estimate of drug-likeness (QED) is 0.400. The molecule has 8 nitrogen and oxygen atoms in total. The summed E-state index contributed by atoms with van der Waals surface area (Å²) in [6.45, 7) is 6.36. The van der Waals surface area contributed by atoms with E-state index in [9.17, 15) is 19.5 Å². The zero-order valence-electron chi connectivity index (χ0n) is 17.5. The van der Waals surface area contributed by atoms with Crippen molar-refractivity contribution < 1.29 is 24.2 Å². The maximum atomic E-state index is 12.6. The molecule has 0 bridgehead atoms. The molecule has 30 heavy (non-hydrogen) atoms. The van der Waals surface area contributed by atoms with E-state index in [4.69, 9.17) is 10.5 Å². The van der Waals surface area contributed by atoms with Crippen LogP contribution in [0.2, 0.25) is 0 Å². The number of carboxylic acids is 1. The Morgan fingerprint density at radius 1 is 1.30 bits per heavy atom. The van der Waals surface area contributed by atoms with Crippen LogP contribution in [0.3, 0.4) is 0 Å². The van der Waals surface area contributed by atoms with E-state index in [0.717, 1.165) is 25.0 Å². The second-order valence-electron chi connectivity index (χ2n) is 8.19. The number of fused-ring (bicyclic) bond motifs is 1. The molecule has 164 valence electrons. The highest BCUT2D eigenvalue weighted by atomic mass is 32.2. The molecule has 2 amide bonds. The predicted octanol–water partition coefficient (Wildman–Crippen LogP) is 1.89. The molecule has 3 rings (SSSR count). The van der Waals surface area contributed by atoms with E-state index in [0.29, 0.717) is 12.2 Å². The number of carboxylic acid groups (broad SMARTS) is 1. The third-order valence-electron chi connectivity index (χ3n) is 5.51. The Balaban J connectivity index is 1.58. The summed E-state index contributed by atoms with van der Waals surface area (Å²) in [6.07, 6.45) is 3.23. The van der Waals surface area contributed by atoms with E-state index >= 15 is 0 Å². The Hall–Kier alpha value is -2.26. The van der Waals surface area contributed by atoms with Crippen LogP contribution in [0.25, 0.3) is 0 Å². The van der Waals surface area contributed by atoms with E-state index in [1.165, 1.54) is 16.7 Å². The topological polar surface area (TPSA) is 122 Å². The van der Waals surface area contributed by atoms with Gasteiger partial charge in [0.05, 0.1) is 6.61 Å². The number of aliphatic carboxylic acids is 1. The predicted molar refractivity (Wildman–Crippen MR) is 114 cm³/mol. The first-order chi connectivity index (χ1) is 14.2. The van der Waals surface area contributed by atoms with Gasteiger partial charge in [-0.15, -0.1) is 11.8 Å². The van der Waals surface area contributed by atoms with Crippen LogP contribution >= 0.6 is 11.8 Å². The number of carbonyl (C=O) groups excluding carboxylic acids is 2. The molecule has 0 spiro atoms. The fraction of sp³-hybridized carbons (Fsp3) is 0.571. The van der Waals surface area contributed by atoms with Crippen molar-refractivity contribution in [1.82, 2.24) is 10.2 Å². The number of carbonyl (C=O) groups is 3.